The Hall–Kier alpha value is -2.78. The van der Waals surface area contributed by atoms with Crippen molar-refractivity contribution in [2.45, 2.75) is 40.3 Å². The molecular formula is C25H34ClN3O5S. The molecule has 2 rings (SSSR count). The third kappa shape index (κ3) is 8.43. The van der Waals surface area contributed by atoms with Gasteiger partial charge in [0.15, 0.2) is 0 Å². The number of amides is 2. The minimum atomic E-state index is -3.85. The summed E-state index contributed by atoms with van der Waals surface area (Å²) >= 11 is 6.12. The standard InChI is InChI=1S/C25H34ClN3O5S/c1-6-34-23-13-8-7-12-22(23)29(35(5,32)33)17-24(30)28(16-20-10-9-11-21(26)14-20)19(4)25(31)27-15-18(2)3/h7-14,18-19H,6,15-17H2,1-5H3,(H,27,31)/t19-/m1/s1. The zero-order valence-corrected chi connectivity index (χ0v) is 22.4. The van der Waals surface area contributed by atoms with Gasteiger partial charge in [-0.3, -0.25) is 13.9 Å². The lowest BCUT2D eigenvalue weighted by atomic mass is 10.1. The number of carbonyl (C=O) groups excluding carboxylic acids is 2. The average Bonchev–Trinajstić information content (AvgIpc) is 2.79. The molecule has 0 bridgehead atoms. The maximum Gasteiger partial charge on any atom is 0.244 e. The van der Waals surface area contributed by atoms with Crippen molar-refractivity contribution in [3.05, 3.63) is 59.1 Å². The zero-order valence-electron chi connectivity index (χ0n) is 20.8. The van der Waals surface area contributed by atoms with Gasteiger partial charge < -0.3 is 15.0 Å². The Balaban J connectivity index is 2.41. The maximum atomic E-state index is 13.6. The van der Waals surface area contributed by atoms with Gasteiger partial charge in [-0.15, -0.1) is 0 Å². The van der Waals surface area contributed by atoms with E-state index in [-0.39, 0.29) is 24.1 Å². The number of para-hydroxylation sites is 2. The van der Waals surface area contributed by atoms with Gasteiger partial charge in [0.1, 0.15) is 18.3 Å². The summed E-state index contributed by atoms with van der Waals surface area (Å²) in [5, 5.41) is 3.34. The predicted molar refractivity (Wildman–Crippen MR) is 139 cm³/mol. The molecule has 8 nitrogen and oxygen atoms in total. The molecule has 0 radical (unpaired) electrons. The molecule has 1 N–H and O–H groups in total. The van der Waals surface area contributed by atoms with E-state index >= 15 is 0 Å². The minimum Gasteiger partial charge on any atom is -0.492 e. The van der Waals surface area contributed by atoms with Crippen molar-refractivity contribution in [2.75, 3.05) is 30.3 Å². The van der Waals surface area contributed by atoms with Crippen LogP contribution >= 0.6 is 11.6 Å². The number of ether oxygens (including phenoxy) is 1. The Bertz CT molecular complexity index is 1120. The van der Waals surface area contributed by atoms with Crippen molar-refractivity contribution >= 4 is 39.1 Å². The molecule has 1 atom stereocenters. The second-order valence-corrected chi connectivity index (χ2v) is 11.0. The molecule has 0 spiro atoms. The molecule has 0 aliphatic rings. The molecule has 35 heavy (non-hydrogen) atoms. The van der Waals surface area contributed by atoms with Crippen LogP contribution in [0.15, 0.2) is 48.5 Å². The van der Waals surface area contributed by atoms with E-state index in [4.69, 9.17) is 16.3 Å². The first kappa shape index (κ1) is 28.5. The van der Waals surface area contributed by atoms with Crippen LogP contribution in [-0.4, -0.2) is 57.1 Å². The summed E-state index contributed by atoms with van der Waals surface area (Å²) in [7, 11) is -3.85. The first-order valence-electron chi connectivity index (χ1n) is 11.4. The summed E-state index contributed by atoms with van der Waals surface area (Å²) in [6.45, 7) is 7.73. The number of nitrogens with one attached hydrogen (secondary N) is 1. The van der Waals surface area contributed by atoms with Crippen LogP contribution in [0.25, 0.3) is 0 Å². The van der Waals surface area contributed by atoms with Crippen molar-refractivity contribution in [2.24, 2.45) is 5.92 Å². The van der Waals surface area contributed by atoms with Gasteiger partial charge >= 0.3 is 0 Å². The predicted octanol–water partition coefficient (Wildman–Crippen LogP) is 3.69. The molecule has 10 heteroatoms. The maximum absolute atomic E-state index is 13.6. The molecule has 2 amide bonds. The van der Waals surface area contributed by atoms with E-state index in [0.29, 0.717) is 23.9 Å². The number of anilines is 1. The molecule has 0 heterocycles. The molecule has 2 aromatic rings. The summed E-state index contributed by atoms with van der Waals surface area (Å²) < 4.78 is 32.1. The fourth-order valence-electron chi connectivity index (χ4n) is 3.40. The molecule has 0 unspecified atom stereocenters. The average molecular weight is 524 g/mol. The highest BCUT2D eigenvalue weighted by atomic mass is 35.5. The minimum absolute atomic E-state index is 0.0837. The fraction of sp³-hybridized carbons (Fsp3) is 0.440. The van der Waals surface area contributed by atoms with Crippen LogP contribution < -0.4 is 14.4 Å². The molecule has 0 aromatic heterocycles. The van der Waals surface area contributed by atoms with Crippen molar-refractivity contribution in [3.8, 4) is 5.75 Å². The smallest absolute Gasteiger partial charge is 0.244 e. The molecule has 0 aliphatic carbocycles. The van der Waals surface area contributed by atoms with Crippen LogP contribution in [0, 0.1) is 5.92 Å². The van der Waals surface area contributed by atoms with Gasteiger partial charge in [0, 0.05) is 18.1 Å². The number of benzene rings is 2. The Morgan fingerprint density at radius 1 is 1.09 bits per heavy atom. The summed E-state index contributed by atoms with van der Waals surface area (Å²) in [5.41, 5.74) is 0.972. The van der Waals surface area contributed by atoms with Crippen LogP contribution in [0.4, 0.5) is 5.69 Å². The van der Waals surface area contributed by atoms with E-state index in [1.165, 1.54) is 4.90 Å². The van der Waals surface area contributed by atoms with E-state index in [0.717, 1.165) is 16.1 Å². The van der Waals surface area contributed by atoms with Gasteiger partial charge in [-0.05, 0) is 49.6 Å². The largest absolute Gasteiger partial charge is 0.492 e. The molecular weight excluding hydrogens is 490 g/mol. The Labute approximate surface area is 213 Å². The summed E-state index contributed by atoms with van der Waals surface area (Å²) in [6.07, 6.45) is 1.03. The van der Waals surface area contributed by atoms with E-state index < -0.39 is 28.5 Å². The topological polar surface area (TPSA) is 96.0 Å². The highest BCUT2D eigenvalue weighted by molar-refractivity contribution is 7.92. The Morgan fingerprint density at radius 2 is 1.77 bits per heavy atom. The summed E-state index contributed by atoms with van der Waals surface area (Å²) in [4.78, 5) is 27.8. The lowest BCUT2D eigenvalue weighted by molar-refractivity contribution is -0.139. The van der Waals surface area contributed by atoms with Crippen LogP contribution in [-0.2, 0) is 26.2 Å². The number of hydrogen-bond donors (Lipinski definition) is 1. The number of halogens is 1. The Morgan fingerprint density at radius 3 is 2.37 bits per heavy atom. The van der Waals surface area contributed by atoms with Crippen LogP contribution in [0.3, 0.4) is 0 Å². The van der Waals surface area contributed by atoms with Gasteiger partial charge in [-0.25, -0.2) is 8.42 Å². The molecule has 192 valence electrons. The quantitative estimate of drug-likeness (QED) is 0.457. The van der Waals surface area contributed by atoms with Crippen molar-refractivity contribution < 1.29 is 22.7 Å². The van der Waals surface area contributed by atoms with Crippen LogP contribution in [0.2, 0.25) is 5.02 Å². The highest BCUT2D eigenvalue weighted by Crippen LogP contribution is 2.30. The molecule has 0 fully saturated rings. The van der Waals surface area contributed by atoms with E-state index in [9.17, 15) is 18.0 Å². The number of nitrogens with zero attached hydrogens (tertiary/aromatic N) is 2. The number of carbonyl (C=O) groups is 2. The van der Waals surface area contributed by atoms with Gasteiger partial charge in [-0.1, -0.05) is 49.7 Å². The summed E-state index contributed by atoms with van der Waals surface area (Å²) in [5.74, 6) is -0.278. The van der Waals surface area contributed by atoms with E-state index in [2.05, 4.69) is 5.32 Å². The number of hydrogen-bond acceptors (Lipinski definition) is 5. The second kappa shape index (κ2) is 12.8. The normalized spacial score (nSPS) is 12.2. The first-order chi connectivity index (χ1) is 16.4. The van der Waals surface area contributed by atoms with Crippen molar-refractivity contribution in [1.82, 2.24) is 10.2 Å². The lowest BCUT2D eigenvalue weighted by Crippen LogP contribution is -2.51. The number of sulfonamides is 1. The van der Waals surface area contributed by atoms with Gasteiger partial charge in [0.25, 0.3) is 0 Å². The van der Waals surface area contributed by atoms with Gasteiger partial charge in [0.05, 0.1) is 18.6 Å². The molecule has 2 aromatic carbocycles. The molecule has 0 aliphatic heterocycles. The highest BCUT2D eigenvalue weighted by Gasteiger charge is 2.31. The van der Waals surface area contributed by atoms with Crippen LogP contribution in [0.5, 0.6) is 5.75 Å². The molecule has 0 saturated carbocycles. The number of rotatable bonds is 12. The van der Waals surface area contributed by atoms with Crippen molar-refractivity contribution in [3.63, 3.8) is 0 Å². The second-order valence-electron chi connectivity index (χ2n) is 8.64. The monoisotopic (exact) mass is 523 g/mol. The van der Waals surface area contributed by atoms with E-state index in [1.54, 1.807) is 62.4 Å². The van der Waals surface area contributed by atoms with Crippen LogP contribution in [0.1, 0.15) is 33.3 Å². The zero-order chi connectivity index (χ0) is 26.2. The van der Waals surface area contributed by atoms with Gasteiger partial charge in [-0.2, -0.15) is 0 Å². The third-order valence-corrected chi connectivity index (χ3v) is 6.57. The van der Waals surface area contributed by atoms with Gasteiger partial charge in [0.2, 0.25) is 21.8 Å². The lowest BCUT2D eigenvalue weighted by Gasteiger charge is -2.32. The third-order valence-electron chi connectivity index (χ3n) is 5.21. The van der Waals surface area contributed by atoms with Crippen molar-refractivity contribution in [1.29, 1.82) is 0 Å². The molecule has 0 saturated heterocycles. The fourth-order valence-corrected chi connectivity index (χ4v) is 4.47. The Kier molecular flexibility index (Phi) is 10.4. The SMILES string of the molecule is CCOc1ccccc1N(CC(=O)N(Cc1cccc(Cl)c1)[C@H](C)C(=O)NCC(C)C)S(C)(=O)=O. The summed E-state index contributed by atoms with van der Waals surface area (Å²) in [6, 6.07) is 12.8. The first-order valence-corrected chi connectivity index (χ1v) is 13.7. The van der Waals surface area contributed by atoms with E-state index in [1.807, 2.05) is 13.8 Å².